The molecule has 9 nitrogen and oxygen atoms in total. The number of aromatic nitrogens is 4. The zero-order valence-corrected chi connectivity index (χ0v) is 20.1. The lowest BCUT2D eigenvalue weighted by Crippen LogP contribution is -2.36. The first-order valence-corrected chi connectivity index (χ1v) is 11.6. The minimum atomic E-state index is 0.142. The Morgan fingerprint density at radius 3 is 2.57 bits per heavy atom. The van der Waals surface area contributed by atoms with Gasteiger partial charge in [-0.25, -0.2) is 15.0 Å². The summed E-state index contributed by atoms with van der Waals surface area (Å²) in [4.78, 5) is 27.2. The van der Waals surface area contributed by atoms with Crippen LogP contribution in [-0.2, 0) is 4.79 Å². The van der Waals surface area contributed by atoms with Gasteiger partial charge in [-0.05, 0) is 48.6 Å². The van der Waals surface area contributed by atoms with Gasteiger partial charge in [0.2, 0.25) is 11.9 Å². The SMILES string of the molecule is COc1cc(C2CCN(C(C)=O)CC2)ccc1Nc1ncc(OC)c(-c2cnc3ccccn23)n1. The van der Waals surface area contributed by atoms with Crippen molar-refractivity contribution < 1.29 is 14.3 Å². The topological polar surface area (TPSA) is 93.9 Å². The zero-order valence-electron chi connectivity index (χ0n) is 20.1. The van der Waals surface area contributed by atoms with E-state index in [9.17, 15) is 4.79 Å². The molecule has 0 spiro atoms. The van der Waals surface area contributed by atoms with E-state index in [0.717, 1.165) is 43.0 Å². The van der Waals surface area contributed by atoms with Crippen molar-refractivity contribution >= 4 is 23.2 Å². The average molecular weight is 473 g/mol. The summed E-state index contributed by atoms with van der Waals surface area (Å²) in [6, 6.07) is 12.0. The van der Waals surface area contributed by atoms with Crippen molar-refractivity contribution in [2.75, 3.05) is 32.6 Å². The first kappa shape index (κ1) is 22.6. The maximum Gasteiger partial charge on any atom is 0.228 e. The Balaban J connectivity index is 1.41. The molecule has 0 radical (unpaired) electrons. The van der Waals surface area contributed by atoms with E-state index in [1.807, 2.05) is 39.8 Å². The normalized spacial score (nSPS) is 14.2. The molecule has 1 aromatic carbocycles. The fourth-order valence-electron chi connectivity index (χ4n) is 4.58. The monoisotopic (exact) mass is 472 g/mol. The summed E-state index contributed by atoms with van der Waals surface area (Å²) in [6.45, 7) is 3.20. The highest BCUT2D eigenvalue weighted by atomic mass is 16.5. The number of ether oxygens (including phenoxy) is 2. The number of imidazole rings is 1. The predicted molar refractivity (Wildman–Crippen MR) is 133 cm³/mol. The van der Waals surface area contributed by atoms with Crippen LogP contribution in [-0.4, -0.2) is 57.5 Å². The lowest BCUT2D eigenvalue weighted by atomic mass is 9.89. The predicted octanol–water partition coefficient (Wildman–Crippen LogP) is 4.28. The second-order valence-corrected chi connectivity index (χ2v) is 8.55. The van der Waals surface area contributed by atoms with Crippen molar-refractivity contribution in [3.05, 3.63) is 60.6 Å². The highest BCUT2D eigenvalue weighted by Crippen LogP contribution is 2.35. The third kappa shape index (κ3) is 4.49. The lowest BCUT2D eigenvalue weighted by Gasteiger charge is -2.31. The maximum absolute atomic E-state index is 11.6. The standard InChI is InChI=1S/C26H28N6O3/c1-17(33)31-12-9-18(10-13-31)19-7-8-20(22(14-19)34-2)29-26-28-16-23(35-3)25(30-26)21-15-27-24-6-4-5-11-32(21)24/h4-8,11,14-16,18H,9-10,12-13H2,1-3H3,(H,28,29,30). The largest absolute Gasteiger partial charge is 0.495 e. The number of hydrogen-bond acceptors (Lipinski definition) is 7. The second kappa shape index (κ2) is 9.61. The number of fused-ring (bicyclic) bond motifs is 1. The van der Waals surface area contributed by atoms with Crippen LogP contribution < -0.4 is 14.8 Å². The van der Waals surface area contributed by atoms with Gasteiger partial charge in [-0.1, -0.05) is 12.1 Å². The number of likely N-dealkylation sites (tertiary alicyclic amines) is 1. The molecule has 1 N–H and O–H groups in total. The molecule has 35 heavy (non-hydrogen) atoms. The van der Waals surface area contributed by atoms with Gasteiger partial charge in [-0.15, -0.1) is 0 Å². The third-order valence-electron chi connectivity index (χ3n) is 6.52. The van der Waals surface area contributed by atoms with Crippen molar-refractivity contribution in [1.29, 1.82) is 0 Å². The molecule has 9 heteroatoms. The number of methoxy groups -OCH3 is 2. The summed E-state index contributed by atoms with van der Waals surface area (Å²) < 4.78 is 13.2. The summed E-state index contributed by atoms with van der Waals surface area (Å²) in [6.07, 6.45) is 7.25. The first-order valence-electron chi connectivity index (χ1n) is 11.6. The number of nitrogens with one attached hydrogen (secondary N) is 1. The Hall–Kier alpha value is -4.14. The molecule has 1 fully saturated rings. The third-order valence-corrected chi connectivity index (χ3v) is 6.52. The number of piperidine rings is 1. The number of pyridine rings is 1. The van der Waals surface area contributed by atoms with E-state index >= 15 is 0 Å². The van der Waals surface area contributed by atoms with E-state index in [0.29, 0.717) is 29.1 Å². The van der Waals surface area contributed by atoms with Gasteiger partial charge in [-0.3, -0.25) is 9.20 Å². The smallest absolute Gasteiger partial charge is 0.228 e. The molecule has 0 atom stereocenters. The molecule has 1 saturated heterocycles. The molecule has 1 aliphatic heterocycles. The Bertz CT molecular complexity index is 1360. The second-order valence-electron chi connectivity index (χ2n) is 8.55. The first-order chi connectivity index (χ1) is 17.1. The number of amides is 1. The van der Waals surface area contributed by atoms with Gasteiger partial charge in [0.15, 0.2) is 5.75 Å². The van der Waals surface area contributed by atoms with Crippen LogP contribution in [0.15, 0.2) is 55.0 Å². The van der Waals surface area contributed by atoms with Gasteiger partial charge in [0.1, 0.15) is 17.1 Å². The van der Waals surface area contributed by atoms with Crippen LogP contribution in [0.3, 0.4) is 0 Å². The highest BCUT2D eigenvalue weighted by molar-refractivity contribution is 5.73. The van der Waals surface area contributed by atoms with Gasteiger partial charge in [0.25, 0.3) is 0 Å². The van der Waals surface area contributed by atoms with Gasteiger partial charge in [0.05, 0.1) is 38.0 Å². The van der Waals surface area contributed by atoms with Crippen molar-refractivity contribution in [2.45, 2.75) is 25.7 Å². The van der Waals surface area contributed by atoms with Gasteiger partial charge < -0.3 is 19.7 Å². The highest BCUT2D eigenvalue weighted by Gasteiger charge is 2.23. The minimum absolute atomic E-state index is 0.142. The van der Waals surface area contributed by atoms with E-state index in [1.54, 1.807) is 33.5 Å². The van der Waals surface area contributed by atoms with Crippen LogP contribution in [0.4, 0.5) is 11.6 Å². The number of rotatable bonds is 6. The van der Waals surface area contributed by atoms with Crippen LogP contribution in [0, 0.1) is 0 Å². The molecule has 0 unspecified atom stereocenters. The van der Waals surface area contributed by atoms with Crippen molar-refractivity contribution in [3.8, 4) is 22.9 Å². The zero-order chi connectivity index (χ0) is 24.4. The molecule has 0 bridgehead atoms. The summed E-state index contributed by atoms with van der Waals surface area (Å²) >= 11 is 0. The van der Waals surface area contributed by atoms with Gasteiger partial charge >= 0.3 is 0 Å². The lowest BCUT2D eigenvalue weighted by molar-refractivity contribution is -0.129. The van der Waals surface area contributed by atoms with Crippen LogP contribution >= 0.6 is 0 Å². The molecule has 4 aromatic rings. The number of nitrogens with zero attached hydrogens (tertiary/aromatic N) is 5. The quantitative estimate of drug-likeness (QED) is 0.448. The van der Waals surface area contributed by atoms with E-state index in [2.05, 4.69) is 27.4 Å². The van der Waals surface area contributed by atoms with Crippen molar-refractivity contribution in [1.82, 2.24) is 24.3 Å². The molecule has 5 rings (SSSR count). The van der Waals surface area contributed by atoms with E-state index in [-0.39, 0.29) is 5.91 Å². The Labute approximate surface area is 203 Å². The molecule has 180 valence electrons. The minimum Gasteiger partial charge on any atom is -0.495 e. The number of carbonyl (C=O) groups is 1. The molecule has 0 saturated carbocycles. The molecule has 3 aromatic heterocycles. The molecule has 4 heterocycles. The summed E-state index contributed by atoms with van der Waals surface area (Å²) in [5, 5.41) is 3.29. The van der Waals surface area contributed by atoms with Crippen LogP contribution in [0.25, 0.3) is 17.0 Å². The van der Waals surface area contributed by atoms with Gasteiger partial charge in [-0.2, -0.15) is 0 Å². The van der Waals surface area contributed by atoms with E-state index in [1.165, 1.54) is 5.56 Å². The molecular weight excluding hydrogens is 444 g/mol. The summed E-state index contributed by atoms with van der Waals surface area (Å²) in [7, 11) is 3.25. The molecule has 1 amide bonds. The van der Waals surface area contributed by atoms with Crippen molar-refractivity contribution in [2.24, 2.45) is 0 Å². The number of benzene rings is 1. The molecular formula is C26H28N6O3. The molecule has 1 aliphatic rings. The van der Waals surface area contributed by atoms with Crippen LogP contribution in [0.2, 0.25) is 0 Å². The van der Waals surface area contributed by atoms with Gasteiger partial charge in [0, 0.05) is 26.2 Å². The number of anilines is 2. The number of carbonyl (C=O) groups excluding carboxylic acids is 1. The molecule has 0 aliphatic carbocycles. The Morgan fingerprint density at radius 2 is 1.83 bits per heavy atom. The fraction of sp³-hybridized carbons (Fsp3) is 0.308. The van der Waals surface area contributed by atoms with E-state index < -0.39 is 0 Å². The van der Waals surface area contributed by atoms with Crippen LogP contribution in [0.5, 0.6) is 11.5 Å². The average Bonchev–Trinajstić information content (AvgIpc) is 3.33. The van der Waals surface area contributed by atoms with Crippen molar-refractivity contribution in [3.63, 3.8) is 0 Å². The van der Waals surface area contributed by atoms with Crippen LogP contribution in [0.1, 0.15) is 31.2 Å². The Morgan fingerprint density at radius 1 is 1.03 bits per heavy atom. The Kier molecular flexibility index (Phi) is 6.22. The van der Waals surface area contributed by atoms with E-state index in [4.69, 9.17) is 14.5 Å². The fourth-order valence-corrected chi connectivity index (χ4v) is 4.58. The maximum atomic E-state index is 11.6. The number of hydrogen-bond donors (Lipinski definition) is 1. The summed E-state index contributed by atoms with van der Waals surface area (Å²) in [5.41, 5.74) is 4.24. The summed E-state index contributed by atoms with van der Waals surface area (Å²) in [5.74, 6) is 2.23.